The van der Waals surface area contributed by atoms with E-state index in [1.807, 2.05) is 0 Å². The highest BCUT2D eigenvalue weighted by Crippen LogP contribution is 2.19. The molecule has 2 unspecified atom stereocenters. The van der Waals surface area contributed by atoms with E-state index in [-0.39, 0.29) is 0 Å². The van der Waals surface area contributed by atoms with E-state index in [1.165, 1.54) is 25.9 Å². The predicted molar refractivity (Wildman–Crippen MR) is 70.5 cm³/mol. The molecule has 1 fully saturated rings. The summed E-state index contributed by atoms with van der Waals surface area (Å²) in [6.07, 6.45) is 5.40. The maximum atomic E-state index is 11.0. The van der Waals surface area contributed by atoms with Crippen LogP contribution in [-0.2, 0) is 4.79 Å². The molecule has 1 rings (SSSR count). The van der Waals surface area contributed by atoms with Gasteiger partial charge in [0.1, 0.15) is 0 Å². The molecular weight excluding hydrogens is 214 g/mol. The van der Waals surface area contributed by atoms with Gasteiger partial charge >= 0.3 is 0 Å². The minimum Gasteiger partial charge on any atom is -0.368 e. The van der Waals surface area contributed by atoms with Crippen LogP contribution in [0.25, 0.3) is 0 Å². The van der Waals surface area contributed by atoms with Crippen molar-refractivity contribution in [1.29, 1.82) is 0 Å². The van der Waals surface area contributed by atoms with Crippen molar-refractivity contribution < 1.29 is 4.79 Å². The summed E-state index contributed by atoms with van der Waals surface area (Å²) in [6.45, 7) is 7.59. The number of amides is 1. The second kappa shape index (κ2) is 6.36. The zero-order valence-corrected chi connectivity index (χ0v) is 11.2. The number of nitrogens with zero attached hydrogens (tertiary/aromatic N) is 1. The quantitative estimate of drug-likeness (QED) is 0.655. The third-order valence-corrected chi connectivity index (χ3v) is 3.93. The number of hydrogen-bond acceptors (Lipinski definition) is 3. The van der Waals surface area contributed by atoms with E-state index >= 15 is 0 Å². The third kappa shape index (κ3) is 4.64. The van der Waals surface area contributed by atoms with Gasteiger partial charge < -0.3 is 16.4 Å². The fourth-order valence-electron chi connectivity index (χ4n) is 2.40. The molecule has 0 saturated carbocycles. The van der Waals surface area contributed by atoms with Crippen molar-refractivity contribution in [3.05, 3.63) is 0 Å². The van der Waals surface area contributed by atoms with Crippen LogP contribution in [0, 0.1) is 5.92 Å². The number of hydrogen-bond donors (Lipinski definition) is 2. The molecule has 0 aliphatic carbocycles. The molecule has 0 aromatic rings. The molecular formula is C13H27N3O. The van der Waals surface area contributed by atoms with Gasteiger partial charge in [0.25, 0.3) is 0 Å². The van der Waals surface area contributed by atoms with Crippen molar-refractivity contribution >= 4 is 5.91 Å². The van der Waals surface area contributed by atoms with Crippen molar-refractivity contribution in [2.24, 2.45) is 17.4 Å². The van der Waals surface area contributed by atoms with Crippen molar-refractivity contribution in [2.75, 3.05) is 19.6 Å². The summed E-state index contributed by atoms with van der Waals surface area (Å²) < 4.78 is 0. The zero-order valence-electron chi connectivity index (χ0n) is 11.2. The molecule has 1 heterocycles. The Labute approximate surface area is 105 Å². The lowest BCUT2D eigenvalue weighted by molar-refractivity contribution is -0.122. The average molecular weight is 241 g/mol. The largest absolute Gasteiger partial charge is 0.368 e. The number of carbonyl (C=O) groups is 1. The molecule has 4 nitrogen and oxygen atoms in total. The summed E-state index contributed by atoms with van der Waals surface area (Å²) in [5.74, 6) is 0.491. The van der Waals surface area contributed by atoms with E-state index in [1.54, 1.807) is 6.92 Å². The lowest BCUT2D eigenvalue weighted by Gasteiger charge is -2.21. The summed E-state index contributed by atoms with van der Waals surface area (Å²) in [6, 6.07) is 0. The van der Waals surface area contributed by atoms with Crippen LogP contribution in [0.3, 0.4) is 0 Å². The van der Waals surface area contributed by atoms with E-state index in [0.717, 1.165) is 25.3 Å². The van der Waals surface area contributed by atoms with Crippen molar-refractivity contribution in [3.63, 3.8) is 0 Å². The van der Waals surface area contributed by atoms with E-state index < -0.39 is 11.4 Å². The Morgan fingerprint density at radius 1 is 1.47 bits per heavy atom. The minimum absolute atomic E-state index is 0.398. The first-order valence-corrected chi connectivity index (χ1v) is 6.77. The molecule has 4 heteroatoms. The topological polar surface area (TPSA) is 72.3 Å². The number of rotatable bonds is 7. The van der Waals surface area contributed by atoms with Crippen LogP contribution in [0.15, 0.2) is 0 Å². The summed E-state index contributed by atoms with van der Waals surface area (Å²) >= 11 is 0. The van der Waals surface area contributed by atoms with Crippen LogP contribution < -0.4 is 11.5 Å². The van der Waals surface area contributed by atoms with Gasteiger partial charge in [0.15, 0.2) is 0 Å². The lowest BCUT2D eigenvalue weighted by atomic mass is 9.95. The molecule has 0 aromatic heterocycles. The molecule has 2 atom stereocenters. The molecule has 1 amide bonds. The molecule has 1 saturated heterocycles. The first-order valence-electron chi connectivity index (χ1n) is 6.77. The Morgan fingerprint density at radius 3 is 2.71 bits per heavy atom. The van der Waals surface area contributed by atoms with Crippen LogP contribution in [-0.4, -0.2) is 36.0 Å². The Bertz CT molecular complexity index is 253. The molecule has 0 aromatic carbocycles. The lowest BCUT2D eigenvalue weighted by Crippen LogP contribution is -2.49. The summed E-state index contributed by atoms with van der Waals surface area (Å²) in [5.41, 5.74) is 10.2. The van der Waals surface area contributed by atoms with E-state index in [4.69, 9.17) is 11.5 Å². The van der Waals surface area contributed by atoms with Crippen LogP contribution in [0.5, 0.6) is 0 Å². The van der Waals surface area contributed by atoms with E-state index in [9.17, 15) is 4.79 Å². The zero-order chi connectivity index (χ0) is 12.9. The van der Waals surface area contributed by atoms with Gasteiger partial charge in [-0.2, -0.15) is 0 Å². The van der Waals surface area contributed by atoms with Crippen LogP contribution in [0.4, 0.5) is 0 Å². The molecule has 17 heavy (non-hydrogen) atoms. The average Bonchev–Trinajstić information content (AvgIpc) is 2.72. The molecule has 4 N–H and O–H groups in total. The van der Waals surface area contributed by atoms with Gasteiger partial charge in [-0.25, -0.2) is 0 Å². The number of likely N-dealkylation sites (tertiary alicyclic amines) is 1. The first kappa shape index (κ1) is 14.5. The van der Waals surface area contributed by atoms with E-state index in [2.05, 4.69) is 11.8 Å². The first-order chi connectivity index (χ1) is 7.95. The fourth-order valence-corrected chi connectivity index (χ4v) is 2.40. The molecule has 0 spiro atoms. The number of nitrogens with two attached hydrogens (primary N) is 2. The van der Waals surface area contributed by atoms with Gasteiger partial charge in [0.2, 0.25) is 5.91 Å². The molecule has 0 bridgehead atoms. The highest BCUT2D eigenvalue weighted by molar-refractivity contribution is 5.83. The smallest absolute Gasteiger partial charge is 0.237 e. The van der Waals surface area contributed by atoms with Gasteiger partial charge in [-0.05, 0) is 51.6 Å². The van der Waals surface area contributed by atoms with Crippen LogP contribution >= 0.6 is 0 Å². The van der Waals surface area contributed by atoms with Crippen molar-refractivity contribution in [2.45, 2.75) is 51.5 Å². The second-order valence-electron chi connectivity index (χ2n) is 5.60. The van der Waals surface area contributed by atoms with Crippen LogP contribution in [0.2, 0.25) is 0 Å². The van der Waals surface area contributed by atoms with Crippen LogP contribution in [0.1, 0.15) is 46.0 Å². The summed E-state index contributed by atoms with van der Waals surface area (Å²) in [4.78, 5) is 13.6. The number of primary amides is 1. The Morgan fingerprint density at radius 2 is 2.18 bits per heavy atom. The number of carbonyl (C=O) groups excluding carboxylic acids is 1. The Kier molecular flexibility index (Phi) is 5.40. The number of unbranched alkanes of at least 4 members (excludes halogenated alkanes) is 1. The SMILES string of the molecule is CCC1CCN(CCCCC(C)(N)C(N)=O)C1. The molecule has 1 aliphatic heterocycles. The summed E-state index contributed by atoms with van der Waals surface area (Å²) in [5, 5.41) is 0. The third-order valence-electron chi connectivity index (χ3n) is 3.93. The highest BCUT2D eigenvalue weighted by atomic mass is 16.1. The standard InChI is InChI=1S/C13H27N3O/c1-3-11-6-9-16(10-11)8-5-4-7-13(2,15)12(14)17/h11H,3-10,15H2,1-2H3,(H2,14,17). The van der Waals surface area contributed by atoms with Gasteiger partial charge in [-0.15, -0.1) is 0 Å². The van der Waals surface area contributed by atoms with Gasteiger partial charge in [0.05, 0.1) is 5.54 Å². The monoisotopic (exact) mass is 241 g/mol. The molecule has 1 aliphatic rings. The Hall–Kier alpha value is -0.610. The highest BCUT2D eigenvalue weighted by Gasteiger charge is 2.25. The van der Waals surface area contributed by atoms with Gasteiger partial charge in [-0.3, -0.25) is 4.79 Å². The maximum absolute atomic E-state index is 11.0. The fraction of sp³-hybridized carbons (Fsp3) is 0.923. The maximum Gasteiger partial charge on any atom is 0.237 e. The van der Waals surface area contributed by atoms with E-state index in [0.29, 0.717) is 6.42 Å². The summed E-state index contributed by atoms with van der Waals surface area (Å²) in [7, 11) is 0. The predicted octanol–water partition coefficient (Wildman–Crippen LogP) is 1.09. The van der Waals surface area contributed by atoms with Gasteiger partial charge in [-0.1, -0.05) is 13.3 Å². The minimum atomic E-state index is -0.836. The normalized spacial score (nSPS) is 24.8. The van der Waals surface area contributed by atoms with Gasteiger partial charge in [0, 0.05) is 6.54 Å². The Balaban J connectivity index is 2.11. The molecule has 0 radical (unpaired) electrons. The van der Waals surface area contributed by atoms with Crippen molar-refractivity contribution in [1.82, 2.24) is 4.90 Å². The molecule has 100 valence electrons. The van der Waals surface area contributed by atoms with Crippen molar-refractivity contribution in [3.8, 4) is 0 Å². The second-order valence-corrected chi connectivity index (χ2v) is 5.60.